The second-order valence-electron chi connectivity index (χ2n) is 7.29. The standard InChI is InChI=1S/C19H28N2O3S/c22-19(20-16-7-5-6-8-16)15-11-13-18(14-12-15)25(23,24)21-17-9-3-1-2-4-10-17/h11-14,16-17,21H,1-10H2,(H,20,22). The van der Waals surface area contributed by atoms with Crippen molar-refractivity contribution in [3.05, 3.63) is 29.8 Å². The molecule has 2 aliphatic carbocycles. The van der Waals surface area contributed by atoms with E-state index >= 15 is 0 Å². The van der Waals surface area contributed by atoms with Crippen LogP contribution in [0.15, 0.2) is 29.2 Å². The molecule has 1 amide bonds. The van der Waals surface area contributed by atoms with Crippen LogP contribution in [0.5, 0.6) is 0 Å². The zero-order valence-electron chi connectivity index (χ0n) is 14.7. The van der Waals surface area contributed by atoms with E-state index in [1.54, 1.807) is 12.1 Å². The fourth-order valence-corrected chi connectivity index (χ4v) is 5.11. The third-order valence-corrected chi connectivity index (χ3v) is 6.83. The monoisotopic (exact) mass is 364 g/mol. The van der Waals surface area contributed by atoms with Crippen molar-refractivity contribution in [1.82, 2.24) is 10.0 Å². The maximum atomic E-state index is 12.6. The molecule has 2 fully saturated rings. The number of amides is 1. The number of hydrogen-bond acceptors (Lipinski definition) is 3. The first-order valence-corrected chi connectivity index (χ1v) is 11.0. The summed E-state index contributed by atoms with van der Waals surface area (Å²) >= 11 is 0. The van der Waals surface area contributed by atoms with Crippen molar-refractivity contribution < 1.29 is 13.2 Å². The lowest BCUT2D eigenvalue weighted by Gasteiger charge is -2.16. The molecule has 138 valence electrons. The Morgan fingerprint density at radius 3 is 1.92 bits per heavy atom. The molecule has 0 heterocycles. The van der Waals surface area contributed by atoms with Crippen LogP contribution in [0.25, 0.3) is 0 Å². The minimum absolute atomic E-state index is 0.0258. The molecule has 1 aromatic rings. The van der Waals surface area contributed by atoms with Gasteiger partial charge in [-0.05, 0) is 49.9 Å². The maximum absolute atomic E-state index is 12.6. The molecule has 0 bridgehead atoms. The molecule has 6 heteroatoms. The first-order valence-electron chi connectivity index (χ1n) is 9.48. The highest BCUT2D eigenvalue weighted by molar-refractivity contribution is 7.89. The molecule has 0 spiro atoms. The minimum atomic E-state index is -3.52. The average Bonchev–Trinajstić information content (AvgIpc) is 2.98. The Bertz CT molecular complexity index is 671. The Balaban J connectivity index is 1.62. The maximum Gasteiger partial charge on any atom is 0.251 e. The van der Waals surface area contributed by atoms with E-state index in [-0.39, 0.29) is 22.9 Å². The van der Waals surface area contributed by atoms with E-state index in [0.29, 0.717) is 5.56 Å². The average molecular weight is 365 g/mol. The first kappa shape index (κ1) is 18.4. The van der Waals surface area contributed by atoms with Gasteiger partial charge in [0.1, 0.15) is 0 Å². The van der Waals surface area contributed by atoms with E-state index in [9.17, 15) is 13.2 Å². The van der Waals surface area contributed by atoms with Crippen LogP contribution in [-0.2, 0) is 10.0 Å². The van der Waals surface area contributed by atoms with E-state index in [4.69, 9.17) is 0 Å². The summed E-state index contributed by atoms with van der Waals surface area (Å²) in [5.74, 6) is -0.118. The van der Waals surface area contributed by atoms with Gasteiger partial charge in [0, 0.05) is 17.6 Å². The highest BCUT2D eigenvalue weighted by atomic mass is 32.2. The smallest absolute Gasteiger partial charge is 0.251 e. The highest BCUT2D eigenvalue weighted by Crippen LogP contribution is 2.21. The predicted molar refractivity (Wildman–Crippen MR) is 98.0 cm³/mol. The van der Waals surface area contributed by atoms with E-state index < -0.39 is 10.0 Å². The largest absolute Gasteiger partial charge is 0.349 e. The fraction of sp³-hybridized carbons (Fsp3) is 0.632. The zero-order valence-corrected chi connectivity index (χ0v) is 15.5. The van der Waals surface area contributed by atoms with Crippen LogP contribution in [0, 0.1) is 0 Å². The van der Waals surface area contributed by atoms with Crippen LogP contribution in [0.2, 0.25) is 0 Å². The molecule has 0 aromatic heterocycles. The third kappa shape index (κ3) is 5.05. The lowest BCUT2D eigenvalue weighted by Crippen LogP contribution is -2.34. The van der Waals surface area contributed by atoms with Crippen molar-refractivity contribution in [2.24, 2.45) is 0 Å². The van der Waals surface area contributed by atoms with Gasteiger partial charge in [-0.15, -0.1) is 0 Å². The number of benzene rings is 1. The molecule has 2 aliphatic rings. The number of rotatable bonds is 5. The molecule has 0 saturated heterocycles. The number of hydrogen-bond donors (Lipinski definition) is 2. The van der Waals surface area contributed by atoms with Gasteiger partial charge >= 0.3 is 0 Å². The molecular formula is C19H28N2O3S. The second kappa shape index (κ2) is 8.32. The lowest BCUT2D eigenvalue weighted by atomic mass is 10.1. The van der Waals surface area contributed by atoms with E-state index in [1.807, 2.05) is 0 Å². The van der Waals surface area contributed by atoms with Gasteiger partial charge in [0.25, 0.3) is 5.91 Å². The first-order chi connectivity index (χ1) is 12.0. The summed E-state index contributed by atoms with van der Waals surface area (Å²) in [6.45, 7) is 0. The van der Waals surface area contributed by atoms with E-state index in [1.165, 1.54) is 25.0 Å². The lowest BCUT2D eigenvalue weighted by molar-refractivity contribution is 0.0938. The topological polar surface area (TPSA) is 75.3 Å². The van der Waals surface area contributed by atoms with Crippen molar-refractivity contribution in [2.45, 2.75) is 81.2 Å². The molecule has 2 N–H and O–H groups in total. The van der Waals surface area contributed by atoms with Crippen molar-refractivity contribution in [2.75, 3.05) is 0 Å². The molecule has 0 aliphatic heterocycles. The Morgan fingerprint density at radius 1 is 0.800 bits per heavy atom. The zero-order chi connectivity index (χ0) is 17.7. The molecule has 25 heavy (non-hydrogen) atoms. The number of sulfonamides is 1. The Morgan fingerprint density at radius 2 is 1.32 bits per heavy atom. The summed E-state index contributed by atoms with van der Waals surface area (Å²) in [7, 11) is -3.52. The van der Waals surface area contributed by atoms with Gasteiger partial charge in [-0.2, -0.15) is 0 Å². The van der Waals surface area contributed by atoms with Gasteiger partial charge in [0.05, 0.1) is 4.90 Å². The van der Waals surface area contributed by atoms with Crippen LogP contribution in [-0.4, -0.2) is 26.4 Å². The van der Waals surface area contributed by atoms with Gasteiger partial charge < -0.3 is 5.32 Å². The quantitative estimate of drug-likeness (QED) is 0.787. The van der Waals surface area contributed by atoms with Gasteiger partial charge in [-0.25, -0.2) is 13.1 Å². The summed E-state index contributed by atoms with van der Waals surface area (Å²) in [6.07, 6.45) is 10.7. The predicted octanol–water partition coefficient (Wildman–Crippen LogP) is 3.36. The molecule has 0 atom stereocenters. The normalized spacial score (nSPS) is 20.3. The summed E-state index contributed by atoms with van der Waals surface area (Å²) in [5.41, 5.74) is 0.514. The third-order valence-electron chi connectivity index (χ3n) is 5.29. The summed E-state index contributed by atoms with van der Waals surface area (Å²) in [5, 5.41) is 3.02. The van der Waals surface area contributed by atoms with Crippen LogP contribution < -0.4 is 10.0 Å². The summed E-state index contributed by atoms with van der Waals surface area (Å²) in [6, 6.07) is 6.55. The van der Waals surface area contributed by atoms with Crippen molar-refractivity contribution >= 4 is 15.9 Å². The van der Waals surface area contributed by atoms with Crippen LogP contribution in [0.1, 0.15) is 74.6 Å². The molecule has 0 unspecified atom stereocenters. The number of nitrogens with one attached hydrogen (secondary N) is 2. The van der Waals surface area contributed by atoms with Crippen LogP contribution in [0.3, 0.4) is 0 Å². The summed E-state index contributed by atoms with van der Waals surface area (Å²) < 4.78 is 28.0. The molecular weight excluding hydrogens is 336 g/mol. The van der Waals surface area contributed by atoms with Gasteiger partial charge in [0.2, 0.25) is 10.0 Å². The molecule has 5 nitrogen and oxygen atoms in total. The van der Waals surface area contributed by atoms with Crippen molar-refractivity contribution in [3.8, 4) is 0 Å². The van der Waals surface area contributed by atoms with Crippen molar-refractivity contribution in [1.29, 1.82) is 0 Å². The molecule has 2 saturated carbocycles. The Kier molecular flexibility index (Phi) is 6.12. The van der Waals surface area contributed by atoms with Gasteiger partial charge in [-0.3, -0.25) is 4.79 Å². The Hall–Kier alpha value is -1.40. The van der Waals surface area contributed by atoms with Crippen molar-refractivity contribution in [3.63, 3.8) is 0 Å². The molecule has 0 radical (unpaired) electrons. The Labute approximate surface area is 150 Å². The van der Waals surface area contributed by atoms with E-state index in [2.05, 4.69) is 10.0 Å². The SMILES string of the molecule is O=C(NC1CCCC1)c1ccc(S(=O)(=O)NC2CCCCCC2)cc1. The fourth-order valence-electron chi connectivity index (χ4n) is 3.81. The van der Waals surface area contributed by atoms with Crippen LogP contribution in [0.4, 0.5) is 0 Å². The molecule has 1 aromatic carbocycles. The van der Waals surface area contributed by atoms with Crippen LogP contribution >= 0.6 is 0 Å². The number of carbonyl (C=O) groups excluding carboxylic acids is 1. The summed E-state index contributed by atoms with van der Waals surface area (Å²) in [4.78, 5) is 12.5. The minimum Gasteiger partial charge on any atom is -0.349 e. The highest BCUT2D eigenvalue weighted by Gasteiger charge is 2.22. The molecule has 3 rings (SSSR count). The van der Waals surface area contributed by atoms with Gasteiger partial charge in [0.15, 0.2) is 0 Å². The number of carbonyl (C=O) groups is 1. The second-order valence-corrected chi connectivity index (χ2v) is 9.00. The van der Waals surface area contributed by atoms with E-state index in [0.717, 1.165) is 51.4 Å². The van der Waals surface area contributed by atoms with Gasteiger partial charge in [-0.1, -0.05) is 38.5 Å².